The fraction of sp³-hybridized carbons (Fsp3) is 0.500. The number of nitrogens with two attached hydrogens (primary N) is 1. The van der Waals surface area contributed by atoms with Gasteiger partial charge in [0.15, 0.2) is 12.6 Å². The summed E-state index contributed by atoms with van der Waals surface area (Å²) in [5.74, 6) is 1.16. The van der Waals surface area contributed by atoms with Crippen LogP contribution in [0.1, 0.15) is 43.4 Å². The maximum atomic E-state index is 12.9. The molecule has 0 radical (unpaired) electrons. The summed E-state index contributed by atoms with van der Waals surface area (Å²) < 4.78 is 21.7. The molecule has 1 amide bonds. The number of nitrogen functional groups attached to an aromatic ring is 1. The highest BCUT2D eigenvalue weighted by Crippen LogP contribution is 2.45. The summed E-state index contributed by atoms with van der Waals surface area (Å²) >= 11 is 0. The molecule has 0 spiro atoms. The normalized spacial score (nSPS) is 22.5. The van der Waals surface area contributed by atoms with Crippen molar-refractivity contribution in [1.29, 1.82) is 5.26 Å². The number of pyridine rings is 1. The predicted molar refractivity (Wildman–Crippen MR) is 150 cm³/mol. The maximum absolute atomic E-state index is 12.9. The Hall–Kier alpha value is -3.49. The highest BCUT2D eigenvalue weighted by Gasteiger charge is 2.33. The van der Waals surface area contributed by atoms with Crippen LogP contribution in [-0.2, 0) is 23.7 Å². The SMILES string of the molecule is COC1C=CC(OCCOCCC(=O)N2CCN(c3nc(C4CC4)c(-c4cccc(N)c4)cc3C#N)C[C@H]2C)O1. The van der Waals surface area contributed by atoms with Crippen molar-refractivity contribution in [2.75, 3.05) is 57.2 Å². The first-order valence-electron chi connectivity index (χ1n) is 13.9. The zero-order valence-electron chi connectivity index (χ0n) is 23.1. The molecular formula is C30H37N5O5. The summed E-state index contributed by atoms with van der Waals surface area (Å²) in [7, 11) is 1.57. The quantitative estimate of drug-likeness (QED) is 0.256. The van der Waals surface area contributed by atoms with Gasteiger partial charge in [-0.2, -0.15) is 5.26 Å². The third-order valence-electron chi connectivity index (χ3n) is 7.46. The second kappa shape index (κ2) is 12.8. The number of amides is 1. The van der Waals surface area contributed by atoms with Crippen molar-refractivity contribution in [3.05, 3.63) is 53.7 Å². The number of hydrogen-bond acceptors (Lipinski definition) is 9. The number of benzene rings is 1. The van der Waals surface area contributed by atoms with Crippen molar-refractivity contribution in [3.63, 3.8) is 0 Å². The third kappa shape index (κ3) is 6.62. The summed E-state index contributed by atoms with van der Waals surface area (Å²) in [6.45, 7) is 4.90. The van der Waals surface area contributed by atoms with Crippen molar-refractivity contribution < 1.29 is 23.7 Å². The largest absolute Gasteiger partial charge is 0.399 e. The minimum absolute atomic E-state index is 0.0177. The van der Waals surface area contributed by atoms with Gasteiger partial charge in [0.05, 0.1) is 37.5 Å². The molecule has 1 aliphatic carbocycles. The van der Waals surface area contributed by atoms with Gasteiger partial charge in [-0.15, -0.1) is 0 Å². The molecule has 1 aromatic heterocycles. The molecule has 212 valence electrons. The number of ether oxygens (including phenoxy) is 4. The molecule has 1 aromatic carbocycles. The lowest BCUT2D eigenvalue weighted by Gasteiger charge is -2.41. The first kappa shape index (κ1) is 28.1. The molecule has 10 heteroatoms. The minimum atomic E-state index is -0.433. The molecule has 3 heterocycles. The Morgan fingerprint density at radius 3 is 2.70 bits per heavy atom. The number of nitriles is 1. The van der Waals surface area contributed by atoms with E-state index in [1.54, 1.807) is 19.3 Å². The number of aromatic nitrogens is 1. The molecule has 2 aliphatic heterocycles. The molecule has 2 unspecified atom stereocenters. The smallest absolute Gasteiger partial charge is 0.225 e. The van der Waals surface area contributed by atoms with Crippen LogP contribution in [0, 0.1) is 11.3 Å². The Morgan fingerprint density at radius 2 is 2.00 bits per heavy atom. The van der Waals surface area contributed by atoms with E-state index in [2.05, 4.69) is 11.0 Å². The van der Waals surface area contributed by atoms with Crippen LogP contribution in [0.4, 0.5) is 11.5 Å². The summed E-state index contributed by atoms with van der Waals surface area (Å²) in [6, 6.07) is 12.0. The van der Waals surface area contributed by atoms with E-state index in [1.807, 2.05) is 42.2 Å². The molecule has 10 nitrogen and oxygen atoms in total. The molecule has 1 saturated carbocycles. The fourth-order valence-electron chi connectivity index (χ4n) is 5.23. The summed E-state index contributed by atoms with van der Waals surface area (Å²) in [4.78, 5) is 22.0. The van der Waals surface area contributed by atoms with Crippen molar-refractivity contribution in [2.24, 2.45) is 0 Å². The Morgan fingerprint density at radius 1 is 1.18 bits per heavy atom. The standard InChI is InChI=1S/C30H37N5O5/c1-20-19-34(11-12-35(20)26(36)10-13-38-14-15-39-28-9-8-27(37-2)40-28)30-23(18-31)17-25(29(33-30)21-6-7-21)22-4-3-5-24(32)16-22/h3-5,8-9,16-17,20-21,27-28H,6-7,10-15,19,32H2,1-2H3/t20-,27?,28?/m1/s1. The molecule has 40 heavy (non-hydrogen) atoms. The molecule has 2 fully saturated rings. The van der Waals surface area contributed by atoms with Gasteiger partial charge in [0, 0.05) is 50.0 Å². The zero-order valence-corrected chi connectivity index (χ0v) is 23.1. The second-order valence-electron chi connectivity index (χ2n) is 10.4. The number of piperazine rings is 1. The van der Waals surface area contributed by atoms with Crippen molar-refractivity contribution in [1.82, 2.24) is 9.88 Å². The second-order valence-corrected chi connectivity index (χ2v) is 10.4. The average Bonchev–Trinajstić information content (AvgIpc) is 3.71. The van der Waals surface area contributed by atoms with Gasteiger partial charge in [-0.1, -0.05) is 12.1 Å². The number of nitrogens with zero attached hydrogens (tertiary/aromatic N) is 4. The first-order chi connectivity index (χ1) is 19.5. The van der Waals surface area contributed by atoms with E-state index in [0.29, 0.717) is 68.9 Å². The lowest BCUT2D eigenvalue weighted by atomic mass is 9.98. The summed E-state index contributed by atoms with van der Waals surface area (Å²) in [5.41, 5.74) is 10.3. The zero-order chi connectivity index (χ0) is 28.1. The number of anilines is 2. The van der Waals surface area contributed by atoms with Crippen molar-refractivity contribution in [3.8, 4) is 17.2 Å². The molecule has 2 aromatic rings. The van der Waals surface area contributed by atoms with Gasteiger partial charge in [0.2, 0.25) is 5.91 Å². The van der Waals surface area contributed by atoms with Crippen LogP contribution in [-0.4, -0.2) is 81.0 Å². The molecule has 0 bridgehead atoms. The van der Waals surface area contributed by atoms with Crippen LogP contribution in [0.3, 0.4) is 0 Å². The molecule has 2 N–H and O–H groups in total. The van der Waals surface area contributed by atoms with Gasteiger partial charge in [-0.25, -0.2) is 4.98 Å². The summed E-state index contributed by atoms with van der Waals surface area (Å²) in [6.07, 6.45) is 5.29. The molecule has 1 saturated heterocycles. The highest BCUT2D eigenvalue weighted by molar-refractivity contribution is 5.77. The van der Waals surface area contributed by atoms with Crippen LogP contribution < -0.4 is 10.6 Å². The van der Waals surface area contributed by atoms with Crippen LogP contribution in [0.2, 0.25) is 0 Å². The topological polar surface area (TPSA) is 123 Å². The van der Waals surface area contributed by atoms with Gasteiger partial charge in [-0.3, -0.25) is 4.79 Å². The van der Waals surface area contributed by atoms with Gasteiger partial charge in [0.1, 0.15) is 11.9 Å². The minimum Gasteiger partial charge on any atom is -0.399 e. The first-order valence-corrected chi connectivity index (χ1v) is 13.9. The third-order valence-corrected chi connectivity index (χ3v) is 7.46. The van der Waals surface area contributed by atoms with Gasteiger partial charge in [-0.05, 0) is 55.7 Å². The van der Waals surface area contributed by atoms with E-state index >= 15 is 0 Å². The molecular weight excluding hydrogens is 510 g/mol. The fourth-order valence-corrected chi connectivity index (χ4v) is 5.23. The van der Waals surface area contributed by atoms with Crippen molar-refractivity contribution >= 4 is 17.4 Å². The van der Waals surface area contributed by atoms with E-state index < -0.39 is 6.29 Å². The monoisotopic (exact) mass is 547 g/mol. The van der Waals surface area contributed by atoms with Crippen LogP contribution >= 0.6 is 0 Å². The van der Waals surface area contributed by atoms with E-state index in [0.717, 1.165) is 29.7 Å². The van der Waals surface area contributed by atoms with E-state index in [9.17, 15) is 10.1 Å². The van der Waals surface area contributed by atoms with E-state index in [1.165, 1.54) is 0 Å². The Kier molecular flexibility index (Phi) is 8.97. The predicted octanol–water partition coefficient (Wildman–Crippen LogP) is 3.43. The Bertz CT molecular complexity index is 1270. The van der Waals surface area contributed by atoms with Gasteiger partial charge in [0.25, 0.3) is 0 Å². The summed E-state index contributed by atoms with van der Waals surface area (Å²) in [5, 5.41) is 10.0. The number of rotatable bonds is 11. The lowest BCUT2D eigenvalue weighted by molar-refractivity contribution is -0.188. The van der Waals surface area contributed by atoms with Gasteiger partial charge >= 0.3 is 0 Å². The Labute approximate surface area is 235 Å². The van der Waals surface area contributed by atoms with Gasteiger partial charge < -0.3 is 34.5 Å². The van der Waals surface area contributed by atoms with E-state index in [4.69, 9.17) is 29.7 Å². The number of carbonyl (C=O) groups is 1. The van der Waals surface area contributed by atoms with Crippen LogP contribution in [0.25, 0.3) is 11.1 Å². The Balaban J connectivity index is 1.14. The van der Waals surface area contributed by atoms with Crippen molar-refractivity contribution in [2.45, 2.75) is 50.7 Å². The number of carbonyl (C=O) groups excluding carboxylic acids is 1. The maximum Gasteiger partial charge on any atom is 0.225 e. The van der Waals surface area contributed by atoms with Crippen LogP contribution in [0.15, 0.2) is 42.5 Å². The van der Waals surface area contributed by atoms with Crippen LogP contribution in [0.5, 0.6) is 0 Å². The highest BCUT2D eigenvalue weighted by atomic mass is 16.8. The molecule has 3 aliphatic rings. The van der Waals surface area contributed by atoms with E-state index in [-0.39, 0.29) is 18.2 Å². The average molecular weight is 548 g/mol. The number of hydrogen-bond donors (Lipinski definition) is 1. The number of methoxy groups -OCH3 is 1. The lowest BCUT2D eigenvalue weighted by Crippen LogP contribution is -2.54. The molecule has 5 rings (SSSR count). The molecule has 3 atom stereocenters.